The lowest BCUT2D eigenvalue weighted by atomic mass is 10.1. The van der Waals surface area contributed by atoms with Crippen LogP contribution in [0.4, 0.5) is 5.69 Å². The van der Waals surface area contributed by atoms with Gasteiger partial charge in [0.25, 0.3) is 5.91 Å². The number of piperazine rings is 1. The van der Waals surface area contributed by atoms with Crippen molar-refractivity contribution in [2.24, 2.45) is 0 Å². The molecule has 0 atom stereocenters. The number of methoxy groups -OCH3 is 1. The van der Waals surface area contributed by atoms with Crippen LogP contribution in [0.1, 0.15) is 22.3 Å². The monoisotopic (exact) mass is 396 g/mol. The molecular weight excluding hydrogens is 368 g/mol. The molecule has 0 saturated carbocycles. The Labute approximate surface area is 171 Å². The van der Waals surface area contributed by atoms with Crippen LogP contribution in [0.25, 0.3) is 0 Å². The third kappa shape index (κ3) is 6.30. The lowest BCUT2D eigenvalue weighted by molar-refractivity contribution is -0.122. The number of hydrogen-bond acceptors (Lipinski definition) is 5. The molecule has 7 heteroatoms. The molecule has 2 N–H and O–H groups in total. The van der Waals surface area contributed by atoms with Gasteiger partial charge in [-0.3, -0.25) is 25.3 Å². The van der Waals surface area contributed by atoms with E-state index in [0.29, 0.717) is 25.1 Å². The van der Waals surface area contributed by atoms with Crippen LogP contribution in [0.3, 0.4) is 0 Å². The molecule has 0 spiro atoms. The second-order valence-corrected chi connectivity index (χ2v) is 7.05. The molecule has 1 aliphatic heterocycles. The molecule has 0 radical (unpaired) electrons. The van der Waals surface area contributed by atoms with Gasteiger partial charge in [0.2, 0.25) is 5.91 Å². The Morgan fingerprint density at radius 2 is 1.62 bits per heavy atom. The number of hydrogen-bond donors (Lipinski definition) is 2. The molecule has 2 amide bonds. The highest BCUT2D eigenvalue weighted by atomic mass is 16.5. The number of rotatable bonds is 7. The van der Waals surface area contributed by atoms with Crippen molar-refractivity contribution in [3.63, 3.8) is 0 Å². The van der Waals surface area contributed by atoms with Crippen molar-refractivity contribution in [2.45, 2.75) is 13.0 Å². The fourth-order valence-corrected chi connectivity index (χ4v) is 3.31. The minimum atomic E-state index is -0.334. The minimum absolute atomic E-state index is 0.195. The molecule has 2 aromatic rings. The first kappa shape index (κ1) is 20.8. The zero-order valence-electron chi connectivity index (χ0n) is 16.8. The fourth-order valence-electron chi connectivity index (χ4n) is 3.31. The molecule has 0 bridgehead atoms. The summed E-state index contributed by atoms with van der Waals surface area (Å²) in [4.78, 5) is 28.8. The normalized spacial score (nSPS) is 14.4. The van der Waals surface area contributed by atoms with E-state index < -0.39 is 0 Å². The molecule has 154 valence electrons. The smallest absolute Gasteiger partial charge is 0.269 e. The summed E-state index contributed by atoms with van der Waals surface area (Å²) in [5, 5.41) is 0. The van der Waals surface area contributed by atoms with Gasteiger partial charge >= 0.3 is 0 Å². The predicted molar refractivity (Wildman–Crippen MR) is 112 cm³/mol. The summed E-state index contributed by atoms with van der Waals surface area (Å²) in [7, 11) is 1.62. The van der Waals surface area contributed by atoms with E-state index in [9.17, 15) is 9.59 Å². The van der Waals surface area contributed by atoms with Gasteiger partial charge in [0.1, 0.15) is 0 Å². The van der Waals surface area contributed by atoms with E-state index in [2.05, 4.69) is 32.8 Å². The van der Waals surface area contributed by atoms with Gasteiger partial charge in [0.05, 0.1) is 6.61 Å². The Morgan fingerprint density at radius 3 is 2.28 bits per heavy atom. The maximum atomic E-state index is 12.1. The molecular formula is C22H28N4O3. The van der Waals surface area contributed by atoms with Crippen molar-refractivity contribution < 1.29 is 14.3 Å². The van der Waals surface area contributed by atoms with E-state index in [1.807, 2.05) is 30.3 Å². The van der Waals surface area contributed by atoms with E-state index >= 15 is 0 Å². The number of anilines is 1. The van der Waals surface area contributed by atoms with E-state index in [1.54, 1.807) is 19.2 Å². The molecule has 0 unspecified atom stereocenters. The molecule has 1 saturated heterocycles. The van der Waals surface area contributed by atoms with E-state index in [0.717, 1.165) is 31.7 Å². The zero-order valence-corrected chi connectivity index (χ0v) is 16.8. The Kier molecular flexibility index (Phi) is 7.61. The summed E-state index contributed by atoms with van der Waals surface area (Å²) in [5.41, 5.74) is 7.68. The van der Waals surface area contributed by atoms with Crippen LogP contribution in [0.2, 0.25) is 0 Å². The summed E-state index contributed by atoms with van der Waals surface area (Å²) in [5.74, 6) is -0.529. The molecule has 0 aliphatic carbocycles. The first-order chi connectivity index (χ1) is 14.2. The summed E-state index contributed by atoms with van der Waals surface area (Å²) in [6.07, 6.45) is 0.346. The maximum Gasteiger partial charge on any atom is 0.269 e. The Balaban J connectivity index is 1.34. The quantitative estimate of drug-likeness (QED) is 0.699. The van der Waals surface area contributed by atoms with Gasteiger partial charge in [0, 0.05) is 57.5 Å². The van der Waals surface area contributed by atoms with Crippen LogP contribution in [-0.4, -0.2) is 56.5 Å². The van der Waals surface area contributed by atoms with Crippen LogP contribution < -0.4 is 15.8 Å². The Bertz CT molecular complexity index is 787. The van der Waals surface area contributed by atoms with Gasteiger partial charge in [-0.15, -0.1) is 0 Å². The Morgan fingerprint density at radius 1 is 0.931 bits per heavy atom. The largest absolute Gasteiger partial charge is 0.380 e. The second kappa shape index (κ2) is 10.6. The van der Waals surface area contributed by atoms with E-state index in [1.165, 1.54) is 5.69 Å². The summed E-state index contributed by atoms with van der Waals surface area (Å²) < 4.78 is 5.05. The summed E-state index contributed by atoms with van der Waals surface area (Å²) >= 11 is 0. The number of amides is 2. The van der Waals surface area contributed by atoms with Crippen molar-refractivity contribution in [1.82, 2.24) is 15.8 Å². The molecule has 7 nitrogen and oxygen atoms in total. The van der Waals surface area contributed by atoms with Crippen LogP contribution in [-0.2, 0) is 16.1 Å². The minimum Gasteiger partial charge on any atom is -0.380 e. The van der Waals surface area contributed by atoms with Crippen molar-refractivity contribution in [3.05, 3.63) is 65.7 Å². The number of nitrogens with one attached hydrogen (secondary N) is 2. The van der Waals surface area contributed by atoms with Crippen molar-refractivity contribution >= 4 is 17.5 Å². The molecule has 1 aliphatic rings. The van der Waals surface area contributed by atoms with Crippen molar-refractivity contribution in [1.29, 1.82) is 0 Å². The first-order valence-corrected chi connectivity index (χ1v) is 9.85. The van der Waals surface area contributed by atoms with Gasteiger partial charge in [-0.2, -0.15) is 0 Å². The lowest BCUT2D eigenvalue weighted by Crippen LogP contribution is -2.48. The number of para-hydroxylation sites is 1. The molecule has 29 heavy (non-hydrogen) atoms. The van der Waals surface area contributed by atoms with Gasteiger partial charge in [-0.05, 0) is 29.8 Å². The average molecular weight is 396 g/mol. The van der Waals surface area contributed by atoms with Gasteiger partial charge in [0.15, 0.2) is 0 Å². The van der Waals surface area contributed by atoms with Crippen LogP contribution in [0.15, 0.2) is 54.6 Å². The van der Waals surface area contributed by atoms with Crippen LogP contribution in [0, 0.1) is 0 Å². The molecule has 0 aromatic heterocycles. The van der Waals surface area contributed by atoms with Crippen molar-refractivity contribution in [3.8, 4) is 0 Å². The van der Waals surface area contributed by atoms with Gasteiger partial charge in [-0.25, -0.2) is 0 Å². The average Bonchev–Trinajstić information content (AvgIpc) is 2.78. The number of benzene rings is 2. The van der Waals surface area contributed by atoms with E-state index in [-0.39, 0.29) is 11.8 Å². The number of carbonyl (C=O) groups excluding carboxylic acids is 2. The number of carbonyl (C=O) groups is 2. The third-order valence-corrected chi connectivity index (χ3v) is 4.99. The number of ether oxygens (including phenoxy) is 1. The molecule has 2 aromatic carbocycles. The SMILES string of the molecule is COCc1ccc(C(=O)NNC(=O)CCN2CCN(c3ccccc3)CC2)cc1. The zero-order chi connectivity index (χ0) is 20.5. The van der Waals surface area contributed by atoms with Gasteiger partial charge < -0.3 is 9.64 Å². The summed E-state index contributed by atoms with van der Waals surface area (Å²) in [6.45, 7) is 4.90. The molecule has 1 heterocycles. The highest BCUT2D eigenvalue weighted by molar-refractivity contribution is 5.95. The topological polar surface area (TPSA) is 73.9 Å². The van der Waals surface area contributed by atoms with Crippen molar-refractivity contribution in [2.75, 3.05) is 44.7 Å². The standard InChI is InChI=1S/C22H28N4O3/c1-29-17-18-7-9-19(10-8-18)22(28)24-23-21(27)11-12-25-13-15-26(16-14-25)20-5-3-2-4-6-20/h2-10H,11-17H2,1H3,(H,23,27)(H,24,28). The first-order valence-electron chi connectivity index (χ1n) is 9.85. The van der Waals surface area contributed by atoms with E-state index in [4.69, 9.17) is 4.74 Å². The van der Waals surface area contributed by atoms with Crippen LogP contribution >= 0.6 is 0 Å². The molecule has 3 rings (SSSR count). The fraction of sp³-hybridized carbons (Fsp3) is 0.364. The number of nitrogens with zero attached hydrogens (tertiary/aromatic N) is 2. The third-order valence-electron chi connectivity index (χ3n) is 4.99. The predicted octanol–water partition coefficient (Wildman–Crippen LogP) is 1.81. The maximum absolute atomic E-state index is 12.1. The van der Waals surface area contributed by atoms with Crippen LogP contribution in [0.5, 0.6) is 0 Å². The number of hydrazine groups is 1. The van der Waals surface area contributed by atoms with Gasteiger partial charge in [-0.1, -0.05) is 30.3 Å². The second-order valence-electron chi connectivity index (χ2n) is 7.05. The Hall–Kier alpha value is -2.90. The summed E-state index contributed by atoms with van der Waals surface area (Å²) in [6, 6.07) is 17.4. The highest BCUT2D eigenvalue weighted by Gasteiger charge is 2.17. The highest BCUT2D eigenvalue weighted by Crippen LogP contribution is 2.15. The lowest BCUT2D eigenvalue weighted by Gasteiger charge is -2.36. The molecule has 1 fully saturated rings.